The number of carbonyl (C=O) groups excluding carboxylic acids is 1. The van der Waals surface area contributed by atoms with E-state index in [9.17, 15) is 14.3 Å². The molecule has 0 aliphatic carbocycles. The predicted octanol–water partition coefficient (Wildman–Crippen LogP) is 4.07. The van der Waals surface area contributed by atoms with Gasteiger partial charge in [-0.25, -0.2) is 4.39 Å². The fourth-order valence-electron chi connectivity index (χ4n) is 2.52. The van der Waals surface area contributed by atoms with Crippen molar-refractivity contribution in [3.63, 3.8) is 0 Å². The van der Waals surface area contributed by atoms with E-state index in [-0.39, 0.29) is 12.2 Å². The number of hydrogen-bond donors (Lipinski definition) is 2. The first-order valence-corrected chi connectivity index (χ1v) is 8.05. The van der Waals surface area contributed by atoms with Gasteiger partial charge in [0.15, 0.2) is 0 Å². The van der Waals surface area contributed by atoms with Gasteiger partial charge in [0.25, 0.3) is 5.91 Å². The fourth-order valence-corrected chi connectivity index (χ4v) is 2.52. The minimum absolute atomic E-state index is 0.260. The molecule has 1 amide bonds. The normalized spacial score (nSPS) is 13.4. The lowest BCUT2D eigenvalue weighted by molar-refractivity contribution is -0.132. The van der Waals surface area contributed by atoms with Crippen LogP contribution in [-0.4, -0.2) is 16.6 Å². The van der Waals surface area contributed by atoms with Gasteiger partial charge in [-0.05, 0) is 87.1 Å². The molecule has 128 valence electrons. The third-order valence-corrected chi connectivity index (χ3v) is 4.44. The number of benzene rings is 2. The van der Waals surface area contributed by atoms with Crippen LogP contribution in [0.25, 0.3) is 0 Å². The molecular formula is C20H24FNO2. The predicted molar refractivity (Wildman–Crippen MR) is 94.6 cm³/mol. The molecule has 0 fully saturated rings. The number of aryl methyl sites for hydroxylation is 4. The number of hydrogen-bond acceptors (Lipinski definition) is 2. The highest BCUT2D eigenvalue weighted by Gasteiger charge is 2.30. The molecule has 0 unspecified atom stereocenters. The molecule has 2 rings (SSSR count). The second-order valence-corrected chi connectivity index (χ2v) is 6.60. The second-order valence-electron chi connectivity index (χ2n) is 6.60. The molecule has 1 atom stereocenters. The highest BCUT2D eigenvalue weighted by Crippen LogP contribution is 2.21. The summed E-state index contributed by atoms with van der Waals surface area (Å²) in [5.41, 5.74) is 3.14. The first kappa shape index (κ1) is 18.1. The average molecular weight is 329 g/mol. The Morgan fingerprint density at radius 2 is 1.79 bits per heavy atom. The van der Waals surface area contributed by atoms with Gasteiger partial charge in [-0.1, -0.05) is 12.1 Å². The minimum Gasteiger partial charge on any atom is -0.380 e. The van der Waals surface area contributed by atoms with Crippen LogP contribution in [0.15, 0.2) is 36.4 Å². The van der Waals surface area contributed by atoms with Crippen LogP contribution in [0.1, 0.15) is 35.6 Å². The summed E-state index contributed by atoms with van der Waals surface area (Å²) < 4.78 is 13.1. The lowest BCUT2D eigenvalue weighted by atomic mass is 9.94. The van der Waals surface area contributed by atoms with Crippen molar-refractivity contribution in [3.8, 4) is 0 Å². The van der Waals surface area contributed by atoms with Crippen LogP contribution in [-0.2, 0) is 11.2 Å². The quantitative estimate of drug-likeness (QED) is 0.868. The third-order valence-electron chi connectivity index (χ3n) is 4.44. The zero-order valence-electron chi connectivity index (χ0n) is 14.6. The number of nitrogens with one attached hydrogen (secondary N) is 1. The van der Waals surface area contributed by atoms with Gasteiger partial charge in [-0.3, -0.25) is 4.79 Å². The molecule has 2 N–H and O–H groups in total. The van der Waals surface area contributed by atoms with E-state index in [4.69, 9.17) is 0 Å². The molecule has 0 radical (unpaired) electrons. The van der Waals surface area contributed by atoms with Gasteiger partial charge in [-0.2, -0.15) is 0 Å². The van der Waals surface area contributed by atoms with Crippen molar-refractivity contribution in [2.75, 3.05) is 5.32 Å². The van der Waals surface area contributed by atoms with Crippen molar-refractivity contribution in [1.29, 1.82) is 0 Å². The van der Waals surface area contributed by atoms with E-state index in [0.717, 1.165) is 22.3 Å². The standard InChI is InChI=1S/C20H24FNO2/c1-13-5-8-18(12-14(13)2)22-19(23)20(4,24)10-9-16-6-7-17(21)11-15(16)3/h5-8,11-12,24H,9-10H2,1-4H3,(H,22,23)/t20-/m0/s1. The Hall–Kier alpha value is -2.20. The topological polar surface area (TPSA) is 49.3 Å². The second kappa shape index (κ2) is 7.14. The zero-order valence-corrected chi connectivity index (χ0v) is 14.6. The summed E-state index contributed by atoms with van der Waals surface area (Å²) in [6.07, 6.45) is 0.760. The van der Waals surface area contributed by atoms with Crippen LogP contribution < -0.4 is 5.32 Å². The van der Waals surface area contributed by atoms with Crippen LogP contribution >= 0.6 is 0 Å². The summed E-state index contributed by atoms with van der Waals surface area (Å²) in [6, 6.07) is 10.2. The average Bonchev–Trinajstić information content (AvgIpc) is 2.50. The van der Waals surface area contributed by atoms with Crippen molar-refractivity contribution in [1.82, 2.24) is 0 Å². The van der Waals surface area contributed by atoms with E-state index in [1.807, 2.05) is 39.0 Å². The van der Waals surface area contributed by atoms with Crippen LogP contribution in [0.4, 0.5) is 10.1 Å². The van der Waals surface area contributed by atoms with Gasteiger partial charge in [0, 0.05) is 5.69 Å². The van der Waals surface area contributed by atoms with Gasteiger partial charge in [0.2, 0.25) is 0 Å². The first-order valence-electron chi connectivity index (χ1n) is 8.05. The van der Waals surface area contributed by atoms with Crippen molar-refractivity contribution in [3.05, 3.63) is 64.5 Å². The Balaban J connectivity index is 2.03. The Kier molecular flexibility index (Phi) is 5.40. The number of amides is 1. The van der Waals surface area contributed by atoms with E-state index in [1.165, 1.54) is 19.1 Å². The molecule has 24 heavy (non-hydrogen) atoms. The first-order chi connectivity index (χ1) is 11.2. The van der Waals surface area contributed by atoms with Crippen LogP contribution in [0.3, 0.4) is 0 Å². The van der Waals surface area contributed by atoms with E-state index in [2.05, 4.69) is 5.32 Å². The Morgan fingerprint density at radius 3 is 2.42 bits per heavy atom. The monoisotopic (exact) mass is 329 g/mol. The summed E-state index contributed by atoms with van der Waals surface area (Å²) in [7, 11) is 0. The van der Waals surface area contributed by atoms with Gasteiger partial charge < -0.3 is 10.4 Å². The number of aliphatic hydroxyl groups is 1. The number of anilines is 1. The van der Waals surface area contributed by atoms with E-state index in [0.29, 0.717) is 12.1 Å². The van der Waals surface area contributed by atoms with Gasteiger partial charge in [0.05, 0.1) is 0 Å². The van der Waals surface area contributed by atoms with Gasteiger partial charge >= 0.3 is 0 Å². The maximum atomic E-state index is 13.1. The maximum Gasteiger partial charge on any atom is 0.256 e. The summed E-state index contributed by atoms with van der Waals surface area (Å²) in [4.78, 5) is 12.4. The molecule has 0 saturated heterocycles. The molecule has 0 aliphatic heterocycles. The summed E-state index contributed by atoms with van der Waals surface area (Å²) >= 11 is 0. The molecule has 0 aromatic heterocycles. The molecule has 0 spiro atoms. The highest BCUT2D eigenvalue weighted by atomic mass is 19.1. The van der Waals surface area contributed by atoms with Gasteiger partial charge in [0.1, 0.15) is 11.4 Å². The Morgan fingerprint density at radius 1 is 1.08 bits per heavy atom. The molecule has 2 aromatic rings. The number of rotatable bonds is 5. The molecule has 0 bridgehead atoms. The lowest BCUT2D eigenvalue weighted by Gasteiger charge is -2.23. The SMILES string of the molecule is Cc1ccc(NC(=O)[C@@](C)(O)CCc2ccc(F)cc2C)cc1C. The molecule has 0 aliphatic rings. The molecule has 0 heterocycles. The molecule has 3 nitrogen and oxygen atoms in total. The van der Waals surface area contributed by atoms with Crippen molar-refractivity contribution < 1.29 is 14.3 Å². The van der Waals surface area contributed by atoms with Crippen molar-refractivity contribution in [2.24, 2.45) is 0 Å². The Bertz CT molecular complexity index is 753. The zero-order chi connectivity index (χ0) is 17.9. The largest absolute Gasteiger partial charge is 0.380 e. The molecule has 2 aromatic carbocycles. The Labute approximate surface area is 142 Å². The highest BCUT2D eigenvalue weighted by molar-refractivity contribution is 5.96. The summed E-state index contributed by atoms with van der Waals surface area (Å²) in [5, 5.41) is 13.3. The maximum absolute atomic E-state index is 13.1. The van der Waals surface area contributed by atoms with E-state index in [1.54, 1.807) is 6.07 Å². The smallest absolute Gasteiger partial charge is 0.256 e. The summed E-state index contributed by atoms with van der Waals surface area (Å²) in [5.74, 6) is -0.721. The minimum atomic E-state index is -1.50. The molecular weight excluding hydrogens is 305 g/mol. The van der Waals surface area contributed by atoms with Gasteiger partial charge in [-0.15, -0.1) is 0 Å². The van der Waals surface area contributed by atoms with Crippen molar-refractivity contribution >= 4 is 11.6 Å². The third kappa shape index (κ3) is 4.42. The molecule has 0 saturated carbocycles. The molecule has 4 heteroatoms. The van der Waals surface area contributed by atoms with Crippen LogP contribution in [0, 0.1) is 26.6 Å². The summed E-state index contributed by atoms with van der Waals surface area (Å²) in [6.45, 7) is 7.30. The van der Waals surface area contributed by atoms with E-state index >= 15 is 0 Å². The van der Waals surface area contributed by atoms with Crippen molar-refractivity contribution in [2.45, 2.75) is 46.1 Å². The van der Waals surface area contributed by atoms with Crippen LogP contribution in [0.5, 0.6) is 0 Å². The van der Waals surface area contributed by atoms with E-state index < -0.39 is 11.5 Å². The lowest BCUT2D eigenvalue weighted by Crippen LogP contribution is -2.40. The number of halogens is 1. The number of carbonyl (C=O) groups is 1. The fraction of sp³-hybridized carbons (Fsp3) is 0.350. The van der Waals surface area contributed by atoms with Crippen LogP contribution in [0.2, 0.25) is 0 Å².